The molecule has 5 heteroatoms. The number of benzene rings is 1. The van der Waals surface area contributed by atoms with E-state index < -0.39 is 11.7 Å². The number of phenols is 1. The van der Waals surface area contributed by atoms with Gasteiger partial charge in [-0.25, -0.2) is 4.79 Å². The summed E-state index contributed by atoms with van der Waals surface area (Å²) in [6, 6.07) is 2.63. The smallest absolute Gasteiger partial charge is 0.341 e. The molecule has 0 aliphatic carbocycles. The third-order valence-electron chi connectivity index (χ3n) is 1.88. The lowest BCUT2D eigenvalue weighted by molar-refractivity contribution is 0.0597. The van der Waals surface area contributed by atoms with Crippen molar-refractivity contribution < 1.29 is 24.2 Å². The van der Waals surface area contributed by atoms with E-state index in [-0.39, 0.29) is 11.1 Å². The van der Waals surface area contributed by atoms with Crippen LogP contribution in [-0.4, -0.2) is 31.6 Å². The van der Waals surface area contributed by atoms with Crippen molar-refractivity contribution in [2.45, 2.75) is 0 Å². The van der Waals surface area contributed by atoms with Crippen molar-refractivity contribution in [3.8, 4) is 11.5 Å². The van der Waals surface area contributed by atoms with Gasteiger partial charge in [-0.3, -0.25) is 4.79 Å². The van der Waals surface area contributed by atoms with Gasteiger partial charge in [0.2, 0.25) is 0 Å². The van der Waals surface area contributed by atoms with Crippen LogP contribution < -0.4 is 4.74 Å². The quantitative estimate of drug-likeness (QED) is 0.595. The Labute approximate surface area is 86.2 Å². The SMILES string of the molecule is COC(=O)c1cc(OC)cc(C=O)c1O. The zero-order chi connectivity index (χ0) is 11.4. The number of esters is 1. The van der Waals surface area contributed by atoms with E-state index in [1.54, 1.807) is 0 Å². The Bertz CT molecular complexity index is 397. The molecular weight excluding hydrogens is 200 g/mol. The van der Waals surface area contributed by atoms with Crippen molar-refractivity contribution in [3.05, 3.63) is 23.3 Å². The van der Waals surface area contributed by atoms with Crippen LogP contribution in [0.4, 0.5) is 0 Å². The predicted octanol–water partition coefficient (Wildman–Crippen LogP) is 1.000. The van der Waals surface area contributed by atoms with Crippen molar-refractivity contribution in [1.82, 2.24) is 0 Å². The lowest BCUT2D eigenvalue weighted by Gasteiger charge is -2.07. The zero-order valence-electron chi connectivity index (χ0n) is 8.31. The van der Waals surface area contributed by atoms with Crippen LogP contribution in [0, 0.1) is 0 Å². The summed E-state index contributed by atoms with van der Waals surface area (Å²) in [5.41, 5.74) is -0.117. The fourth-order valence-corrected chi connectivity index (χ4v) is 1.10. The molecule has 1 N–H and O–H groups in total. The molecule has 0 saturated carbocycles. The van der Waals surface area contributed by atoms with Crippen LogP contribution in [0.25, 0.3) is 0 Å². The van der Waals surface area contributed by atoms with Gasteiger partial charge in [0, 0.05) is 0 Å². The molecule has 80 valence electrons. The van der Waals surface area contributed by atoms with Crippen molar-refractivity contribution >= 4 is 12.3 Å². The molecule has 1 aromatic carbocycles. The Morgan fingerprint density at radius 3 is 2.53 bits per heavy atom. The molecule has 5 nitrogen and oxygen atoms in total. The van der Waals surface area contributed by atoms with Crippen LogP contribution in [0.3, 0.4) is 0 Å². The number of carbonyl (C=O) groups is 2. The molecule has 0 aliphatic heterocycles. The number of ether oxygens (including phenoxy) is 2. The van der Waals surface area contributed by atoms with Crippen molar-refractivity contribution in [1.29, 1.82) is 0 Å². The Balaban J connectivity index is 3.36. The molecule has 1 aromatic rings. The fraction of sp³-hybridized carbons (Fsp3) is 0.200. The molecule has 0 bridgehead atoms. The fourth-order valence-electron chi connectivity index (χ4n) is 1.10. The maximum absolute atomic E-state index is 11.2. The molecule has 0 amide bonds. The molecular formula is C10H10O5. The van der Waals surface area contributed by atoms with E-state index in [9.17, 15) is 14.7 Å². The number of phenolic OH excluding ortho intramolecular Hbond substituents is 1. The number of hydrogen-bond acceptors (Lipinski definition) is 5. The van der Waals surface area contributed by atoms with Gasteiger partial charge in [0.1, 0.15) is 17.1 Å². The van der Waals surface area contributed by atoms with E-state index in [1.807, 2.05) is 0 Å². The monoisotopic (exact) mass is 210 g/mol. The zero-order valence-corrected chi connectivity index (χ0v) is 8.31. The summed E-state index contributed by atoms with van der Waals surface area (Å²) < 4.78 is 9.31. The summed E-state index contributed by atoms with van der Waals surface area (Å²) in [7, 11) is 2.57. The maximum Gasteiger partial charge on any atom is 0.341 e. The van der Waals surface area contributed by atoms with Crippen LogP contribution >= 0.6 is 0 Å². The highest BCUT2D eigenvalue weighted by atomic mass is 16.5. The second-order valence-electron chi connectivity index (χ2n) is 2.72. The van der Waals surface area contributed by atoms with Crippen LogP contribution in [0.2, 0.25) is 0 Å². The first-order valence-corrected chi connectivity index (χ1v) is 4.08. The maximum atomic E-state index is 11.2. The van der Waals surface area contributed by atoms with Crippen molar-refractivity contribution in [2.24, 2.45) is 0 Å². The Morgan fingerprint density at radius 1 is 1.40 bits per heavy atom. The van der Waals surface area contributed by atoms with Crippen LogP contribution in [0.1, 0.15) is 20.7 Å². The third kappa shape index (κ3) is 2.07. The number of methoxy groups -OCH3 is 2. The number of aldehydes is 1. The van der Waals surface area contributed by atoms with E-state index in [0.717, 1.165) is 0 Å². The number of hydrogen-bond donors (Lipinski definition) is 1. The molecule has 0 fully saturated rings. The second-order valence-corrected chi connectivity index (χ2v) is 2.72. The first-order valence-electron chi connectivity index (χ1n) is 4.08. The van der Waals surface area contributed by atoms with Gasteiger partial charge in [-0.05, 0) is 12.1 Å². The van der Waals surface area contributed by atoms with Gasteiger partial charge in [0.15, 0.2) is 6.29 Å². The van der Waals surface area contributed by atoms with Crippen LogP contribution in [0.5, 0.6) is 11.5 Å². The second kappa shape index (κ2) is 4.45. The average Bonchev–Trinajstić information content (AvgIpc) is 2.28. The lowest BCUT2D eigenvalue weighted by Crippen LogP contribution is -2.03. The molecule has 0 atom stereocenters. The van der Waals surface area contributed by atoms with Gasteiger partial charge in [0.05, 0.1) is 19.8 Å². The Kier molecular flexibility index (Phi) is 3.28. The Hall–Kier alpha value is -2.04. The predicted molar refractivity (Wildman–Crippen MR) is 51.4 cm³/mol. The molecule has 15 heavy (non-hydrogen) atoms. The summed E-state index contributed by atoms with van der Waals surface area (Å²) in [6.07, 6.45) is 0.435. The van der Waals surface area contributed by atoms with Crippen molar-refractivity contribution in [3.63, 3.8) is 0 Å². The van der Waals surface area contributed by atoms with Gasteiger partial charge in [0.25, 0.3) is 0 Å². The van der Waals surface area contributed by atoms with E-state index in [0.29, 0.717) is 12.0 Å². The Morgan fingerprint density at radius 2 is 2.07 bits per heavy atom. The number of carbonyl (C=O) groups excluding carboxylic acids is 2. The molecule has 0 aliphatic rings. The van der Waals surface area contributed by atoms with E-state index in [4.69, 9.17) is 4.74 Å². The molecule has 0 saturated heterocycles. The largest absolute Gasteiger partial charge is 0.506 e. The average molecular weight is 210 g/mol. The van der Waals surface area contributed by atoms with E-state index in [2.05, 4.69) is 4.74 Å². The van der Waals surface area contributed by atoms with Gasteiger partial charge >= 0.3 is 5.97 Å². The van der Waals surface area contributed by atoms with Crippen molar-refractivity contribution in [2.75, 3.05) is 14.2 Å². The molecule has 0 radical (unpaired) electrons. The first kappa shape index (κ1) is 11.0. The van der Waals surface area contributed by atoms with E-state index in [1.165, 1.54) is 26.4 Å². The molecule has 0 spiro atoms. The number of rotatable bonds is 3. The summed E-state index contributed by atoms with van der Waals surface area (Å²) in [4.78, 5) is 21.8. The molecule has 1 rings (SSSR count). The van der Waals surface area contributed by atoms with E-state index >= 15 is 0 Å². The minimum Gasteiger partial charge on any atom is -0.506 e. The minimum absolute atomic E-state index is 0.0187. The standard InChI is InChI=1S/C10H10O5/c1-14-7-3-6(5-11)9(12)8(4-7)10(13)15-2/h3-5,12H,1-2H3. The lowest BCUT2D eigenvalue weighted by atomic mass is 10.1. The minimum atomic E-state index is -0.727. The molecule has 0 aromatic heterocycles. The molecule has 0 unspecified atom stereocenters. The number of aromatic hydroxyl groups is 1. The highest BCUT2D eigenvalue weighted by Gasteiger charge is 2.16. The van der Waals surface area contributed by atoms with Gasteiger partial charge in [-0.1, -0.05) is 0 Å². The first-order chi connectivity index (χ1) is 7.13. The third-order valence-corrected chi connectivity index (χ3v) is 1.88. The summed E-state index contributed by atoms with van der Waals surface area (Å²) >= 11 is 0. The molecule has 0 heterocycles. The highest BCUT2D eigenvalue weighted by Crippen LogP contribution is 2.27. The normalized spacial score (nSPS) is 9.47. The van der Waals surface area contributed by atoms with Gasteiger partial charge < -0.3 is 14.6 Å². The summed E-state index contributed by atoms with van der Waals surface area (Å²) in [5, 5.41) is 9.52. The topological polar surface area (TPSA) is 72.8 Å². The van der Waals surface area contributed by atoms with Crippen LogP contribution in [0.15, 0.2) is 12.1 Å². The van der Waals surface area contributed by atoms with Crippen LogP contribution in [-0.2, 0) is 4.74 Å². The summed E-state index contributed by atoms with van der Waals surface area (Å²) in [6.45, 7) is 0. The highest BCUT2D eigenvalue weighted by molar-refractivity contribution is 5.96. The van der Waals surface area contributed by atoms with Gasteiger partial charge in [-0.2, -0.15) is 0 Å². The van der Waals surface area contributed by atoms with Gasteiger partial charge in [-0.15, -0.1) is 0 Å². The summed E-state index contributed by atoms with van der Waals surface area (Å²) in [5.74, 6) is -0.831.